The lowest BCUT2D eigenvalue weighted by Gasteiger charge is -2.30. The van der Waals surface area contributed by atoms with Crippen molar-refractivity contribution in [3.63, 3.8) is 0 Å². The van der Waals surface area contributed by atoms with Crippen molar-refractivity contribution >= 4 is 70.9 Å². The van der Waals surface area contributed by atoms with Crippen LogP contribution in [0.2, 0.25) is 0 Å². The first-order chi connectivity index (χ1) is 22.4. The summed E-state index contributed by atoms with van der Waals surface area (Å²) in [5.74, 6) is 0. The molecule has 0 radical (unpaired) electrons. The zero-order chi connectivity index (χ0) is 29.7. The maximum absolute atomic E-state index is 2.47. The molecule has 0 bridgehead atoms. The van der Waals surface area contributed by atoms with Gasteiger partial charge in [0.1, 0.15) is 0 Å². The second-order valence-electron chi connectivity index (χ2n) is 11.7. The highest BCUT2D eigenvalue weighted by Gasteiger charge is 2.24. The highest BCUT2D eigenvalue weighted by atomic mass is 15.1. The first-order valence-electron chi connectivity index (χ1n) is 15.5. The summed E-state index contributed by atoms with van der Waals surface area (Å²) >= 11 is 0. The van der Waals surface area contributed by atoms with Gasteiger partial charge in [0, 0.05) is 21.8 Å². The van der Waals surface area contributed by atoms with Crippen molar-refractivity contribution in [1.82, 2.24) is 0 Å². The normalized spacial score (nSPS) is 11.6. The van der Waals surface area contributed by atoms with Gasteiger partial charge in [-0.2, -0.15) is 0 Å². The largest absolute Gasteiger partial charge is 0.309 e. The van der Waals surface area contributed by atoms with Crippen LogP contribution in [0.1, 0.15) is 0 Å². The molecule has 0 amide bonds. The average molecular weight is 572 g/mol. The van der Waals surface area contributed by atoms with Gasteiger partial charge in [0.15, 0.2) is 0 Å². The quantitative estimate of drug-likeness (QED) is 0.190. The number of hydrogen-bond donors (Lipinski definition) is 0. The van der Waals surface area contributed by atoms with Gasteiger partial charge in [-0.15, -0.1) is 0 Å². The molecule has 1 nitrogen and oxygen atoms in total. The molecule has 0 spiro atoms. The van der Waals surface area contributed by atoms with Crippen molar-refractivity contribution in [2.45, 2.75) is 0 Å². The van der Waals surface area contributed by atoms with E-state index in [0.29, 0.717) is 0 Å². The molecule has 0 aromatic heterocycles. The van der Waals surface area contributed by atoms with E-state index in [4.69, 9.17) is 0 Å². The van der Waals surface area contributed by atoms with Crippen LogP contribution in [0.25, 0.3) is 65.0 Å². The molecule has 9 aromatic rings. The second kappa shape index (κ2) is 10.4. The molecule has 0 aliphatic carbocycles. The third kappa shape index (κ3) is 4.02. The van der Waals surface area contributed by atoms with Crippen molar-refractivity contribution in [2.75, 3.05) is 4.90 Å². The van der Waals surface area contributed by atoms with Gasteiger partial charge >= 0.3 is 0 Å². The molecule has 1 heteroatoms. The van der Waals surface area contributed by atoms with Crippen LogP contribution in [-0.2, 0) is 0 Å². The fourth-order valence-electron chi connectivity index (χ4n) is 7.27. The fourth-order valence-corrected chi connectivity index (χ4v) is 7.27. The molecule has 0 saturated heterocycles. The van der Waals surface area contributed by atoms with E-state index >= 15 is 0 Å². The van der Waals surface area contributed by atoms with Crippen LogP contribution in [-0.4, -0.2) is 0 Å². The summed E-state index contributed by atoms with van der Waals surface area (Å²) < 4.78 is 0. The Hall–Kier alpha value is -5.92. The number of fused-ring (bicyclic) bond motifs is 5. The van der Waals surface area contributed by atoms with Crippen molar-refractivity contribution in [3.8, 4) is 11.1 Å². The number of rotatable bonds is 4. The number of nitrogens with zero attached hydrogens (tertiary/aromatic N) is 1. The fraction of sp³-hybridized carbons (Fsp3) is 0. The summed E-state index contributed by atoms with van der Waals surface area (Å²) in [5.41, 5.74) is 6.06. The molecule has 0 unspecified atom stereocenters. The Balaban J connectivity index is 1.48. The molecule has 9 rings (SSSR count). The monoisotopic (exact) mass is 571 g/mol. The van der Waals surface area contributed by atoms with E-state index in [2.05, 4.69) is 181 Å². The molecule has 210 valence electrons. The highest BCUT2D eigenvalue weighted by molar-refractivity contribution is 6.28. The van der Waals surface area contributed by atoms with E-state index in [-0.39, 0.29) is 0 Å². The molecule has 0 aliphatic rings. The van der Waals surface area contributed by atoms with Gasteiger partial charge in [-0.1, -0.05) is 152 Å². The average Bonchev–Trinajstić information content (AvgIpc) is 3.11. The Bertz CT molecular complexity index is 2430. The van der Waals surface area contributed by atoms with Crippen LogP contribution in [0.3, 0.4) is 0 Å². The Morgan fingerprint density at radius 3 is 1.31 bits per heavy atom. The Morgan fingerprint density at radius 1 is 0.289 bits per heavy atom. The lowest BCUT2D eigenvalue weighted by molar-refractivity contribution is 1.33. The van der Waals surface area contributed by atoms with Crippen molar-refractivity contribution in [3.05, 3.63) is 176 Å². The molecule has 0 N–H and O–H groups in total. The van der Waals surface area contributed by atoms with Gasteiger partial charge in [0.25, 0.3) is 0 Å². The topological polar surface area (TPSA) is 3.24 Å². The zero-order valence-corrected chi connectivity index (χ0v) is 24.7. The van der Waals surface area contributed by atoms with Gasteiger partial charge in [0.05, 0.1) is 11.4 Å². The maximum Gasteiger partial charge on any atom is 0.0619 e. The van der Waals surface area contributed by atoms with Crippen molar-refractivity contribution < 1.29 is 0 Å². The Labute approximate surface area is 262 Å². The molecule has 0 fully saturated rings. The van der Waals surface area contributed by atoms with E-state index in [1.54, 1.807) is 0 Å². The SMILES string of the molecule is c1ccc(N(c2cccc3ccccc23)c2c3ccccc3c(-c3c4ccccc4cc4ccccc34)c3ccccc23)cc1. The number of benzene rings is 9. The van der Waals surface area contributed by atoms with Crippen LogP contribution in [0, 0.1) is 0 Å². The molecule has 0 atom stereocenters. The predicted molar refractivity (Wildman–Crippen MR) is 194 cm³/mol. The maximum atomic E-state index is 2.47. The smallest absolute Gasteiger partial charge is 0.0619 e. The van der Waals surface area contributed by atoms with Crippen LogP contribution in [0.5, 0.6) is 0 Å². The van der Waals surface area contributed by atoms with E-state index in [0.717, 1.165) is 11.4 Å². The van der Waals surface area contributed by atoms with Crippen LogP contribution >= 0.6 is 0 Å². The Kier molecular flexibility index (Phi) is 5.89. The summed E-state index contributed by atoms with van der Waals surface area (Å²) in [5, 5.41) is 12.4. The summed E-state index contributed by atoms with van der Waals surface area (Å²) in [6.45, 7) is 0. The number of para-hydroxylation sites is 1. The molecule has 0 aliphatic heterocycles. The summed E-state index contributed by atoms with van der Waals surface area (Å²) in [4.78, 5) is 2.47. The first kappa shape index (κ1) is 25.6. The molecule has 0 saturated carbocycles. The summed E-state index contributed by atoms with van der Waals surface area (Å²) in [6.07, 6.45) is 0. The lowest BCUT2D eigenvalue weighted by Crippen LogP contribution is -2.12. The molecule has 0 heterocycles. The minimum atomic E-state index is 1.13. The predicted octanol–water partition coefficient (Wildman–Crippen LogP) is 12.6. The molecule has 45 heavy (non-hydrogen) atoms. The van der Waals surface area contributed by atoms with Crippen LogP contribution in [0.4, 0.5) is 17.1 Å². The summed E-state index contributed by atoms with van der Waals surface area (Å²) in [6, 6.07) is 64.0. The molecular formula is C44H29N. The van der Waals surface area contributed by atoms with E-state index in [9.17, 15) is 0 Å². The van der Waals surface area contributed by atoms with Crippen LogP contribution < -0.4 is 4.90 Å². The van der Waals surface area contributed by atoms with Gasteiger partial charge in [-0.25, -0.2) is 0 Å². The van der Waals surface area contributed by atoms with Gasteiger partial charge in [0.2, 0.25) is 0 Å². The molecule has 9 aromatic carbocycles. The van der Waals surface area contributed by atoms with Gasteiger partial charge < -0.3 is 4.90 Å². The third-order valence-electron chi connectivity index (χ3n) is 9.17. The Morgan fingerprint density at radius 2 is 0.711 bits per heavy atom. The minimum Gasteiger partial charge on any atom is -0.309 e. The zero-order valence-electron chi connectivity index (χ0n) is 24.7. The van der Waals surface area contributed by atoms with Gasteiger partial charge in [-0.05, 0) is 73.1 Å². The number of anilines is 3. The standard InChI is InChI=1S/C44H29N/c1-2-19-33(20-3-1)45(41-28-14-18-30-15-4-7-21-34(30)41)44-39-26-12-10-24-37(39)43(38-25-11-13-27-40(38)44)42-35-22-8-5-16-31(35)29-32-17-6-9-23-36(32)42/h1-29H. The second-order valence-corrected chi connectivity index (χ2v) is 11.7. The van der Waals surface area contributed by atoms with E-state index in [1.165, 1.54) is 70.7 Å². The number of hydrogen-bond acceptors (Lipinski definition) is 1. The highest BCUT2D eigenvalue weighted by Crippen LogP contribution is 2.51. The van der Waals surface area contributed by atoms with Gasteiger partial charge in [-0.3, -0.25) is 0 Å². The van der Waals surface area contributed by atoms with Crippen LogP contribution in [0.15, 0.2) is 176 Å². The third-order valence-corrected chi connectivity index (χ3v) is 9.17. The van der Waals surface area contributed by atoms with E-state index in [1.807, 2.05) is 0 Å². The van der Waals surface area contributed by atoms with E-state index < -0.39 is 0 Å². The molecular weight excluding hydrogens is 542 g/mol. The minimum absolute atomic E-state index is 1.13. The first-order valence-corrected chi connectivity index (χ1v) is 15.5. The summed E-state index contributed by atoms with van der Waals surface area (Å²) in [7, 11) is 0. The lowest BCUT2D eigenvalue weighted by atomic mass is 9.85. The van der Waals surface area contributed by atoms with Crippen molar-refractivity contribution in [2.24, 2.45) is 0 Å². The van der Waals surface area contributed by atoms with Crippen molar-refractivity contribution in [1.29, 1.82) is 0 Å².